The highest BCUT2D eigenvalue weighted by molar-refractivity contribution is 7.92. The minimum Gasteiger partial charge on any atom is -0.481 e. The number of hydrogen-bond acceptors (Lipinski definition) is 8. The van der Waals surface area contributed by atoms with Crippen molar-refractivity contribution in [3.05, 3.63) is 66.2 Å². The number of nitrogens with zero attached hydrogens (tertiary/aromatic N) is 5. The number of carbonyl (C=O) groups is 1. The number of sulfonamides is 1. The van der Waals surface area contributed by atoms with Gasteiger partial charge in [-0.3, -0.25) is 9.52 Å². The summed E-state index contributed by atoms with van der Waals surface area (Å²) in [6, 6.07) is 12.5. The zero-order valence-electron chi connectivity index (χ0n) is 21.9. The van der Waals surface area contributed by atoms with Gasteiger partial charge in [-0.15, -0.1) is 0 Å². The molecular weight excluding hydrogens is 523 g/mol. The molecule has 1 saturated heterocycles. The highest BCUT2D eigenvalue weighted by atomic mass is 32.2. The predicted octanol–water partition coefficient (Wildman–Crippen LogP) is 3.16. The Bertz CT molecular complexity index is 1450. The highest BCUT2D eigenvalue weighted by Gasteiger charge is 2.31. The van der Waals surface area contributed by atoms with Crippen molar-refractivity contribution in [2.24, 2.45) is 0 Å². The molecule has 0 saturated carbocycles. The molecule has 39 heavy (non-hydrogen) atoms. The van der Waals surface area contributed by atoms with Gasteiger partial charge in [-0.1, -0.05) is 0 Å². The summed E-state index contributed by atoms with van der Waals surface area (Å²) in [6.45, 7) is 5.06. The predicted molar refractivity (Wildman–Crippen MR) is 148 cm³/mol. The lowest BCUT2D eigenvalue weighted by molar-refractivity contribution is -0.132. The Balaban J connectivity index is 0.00000370. The summed E-state index contributed by atoms with van der Waals surface area (Å²) in [6.07, 6.45) is 2.92. The molecule has 1 aromatic heterocycles. The molecule has 5 rings (SSSR count). The van der Waals surface area contributed by atoms with Gasteiger partial charge in [0.05, 0.1) is 12.0 Å². The summed E-state index contributed by atoms with van der Waals surface area (Å²) in [5.74, 6) is 0.169. The lowest BCUT2D eigenvalue weighted by Gasteiger charge is -2.41. The van der Waals surface area contributed by atoms with Crippen molar-refractivity contribution in [3.8, 4) is 5.88 Å². The van der Waals surface area contributed by atoms with Crippen LogP contribution in [0.15, 0.2) is 59.8 Å². The van der Waals surface area contributed by atoms with Crippen LogP contribution < -0.4 is 19.3 Å². The van der Waals surface area contributed by atoms with E-state index in [1.54, 1.807) is 36.4 Å². The lowest BCUT2D eigenvalue weighted by Crippen LogP contribution is -2.55. The summed E-state index contributed by atoms with van der Waals surface area (Å²) in [5, 5.41) is 0. The number of fused-ring (bicyclic) bond motifs is 1. The lowest BCUT2D eigenvalue weighted by atomic mass is 9.99. The first-order chi connectivity index (χ1) is 18.7. The Morgan fingerprint density at radius 3 is 2.51 bits per heavy atom. The van der Waals surface area contributed by atoms with Crippen molar-refractivity contribution in [1.82, 2.24) is 14.9 Å². The van der Waals surface area contributed by atoms with Crippen LogP contribution in [-0.4, -0.2) is 75.1 Å². The summed E-state index contributed by atoms with van der Waals surface area (Å²) < 4.78 is 46.8. The molecule has 0 unspecified atom stereocenters. The Morgan fingerprint density at radius 2 is 1.79 bits per heavy atom. The van der Waals surface area contributed by atoms with Crippen LogP contribution in [-0.2, 0) is 21.2 Å². The minimum absolute atomic E-state index is 0. The van der Waals surface area contributed by atoms with E-state index in [4.69, 9.17) is 4.74 Å². The fourth-order valence-corrected chi connectivity index (χ4v) is 6.12. The minimum atomic E-state index is -3.84. The maximum absolute atomic E-state index is 13.7. The van der Waals surface area contributed by atoms with E-state index in [9.17, 15) is 17.6 Å². The molecule has 2 aromatic carbocycles. The standard InChI is InChI=1S/C27H31FN6O4S.H2/c1-19(34-11-3-4-20-16-21(28)5-10-24(20)34)27(35)33-14-12-32(13-15-33)22-6-8-23(9-7-22)39(36,37)31-25-17-26(38-2)30-18-29-25;/h5-10,16-19H,3-4,11-15H2,1-2H3,(H,29,30,31);1H/t19-;/m0./s1. The SMILES string of the molecule is COc1cc(NS(=O)(=O)c2ccc(N3CCN(C(=O)[C@H](C)N4CCCc5cc(F)ccc54)CC3)cc2)ncn1.[HH]. The fraction of sp³-hybridized carbons (Fsp3) is 0.370. The number of aromatic nitrogens is 2. The Kier molecular flexibility index (Phi) is 7.56. The van der Waals surface area contributed by atoms with Gasteiger partial charge in [-0.2, -0.15) is 0 Å². The van der Waals surface area contributed by atoms with Gasteiger partial charge >= 0.3 is 0 Å². The summed E-state index contributed by atoms with van der Waals surface area (Å²) in [7, 11) is -2.41. The first-order valence-electron chi connectivity index (χ1n) is 12.8. The molecule has 1 N–H and O–H groups in total. The van der Waals surface area contributed by atoms with Gasteiger partial charge < -0.3 is 19.4 Å². The first-order valence-corrected chi connectivity index (χ1v) is 14.3. The maximum atomic E-state index is 13.7. The quantitative estimate of drug-likeness (QED) is 0.473. The van der Waals surface area contributed by atoms with Gasteiger partial charge in [-0.05, 0) is 67.8 Å². The second-order valence-corrected chi connectivity index (χ2v) is 11.3. The normalized spacial score (nSPS) is 16.4. The van der Waals surface area contributed by atoms with Crippen molar-refractivity contribution >= 4 is 33.1 Å². The number of piperazine rings is 1. The number of hydrogen-bond donors (Lipinski definition) is 1. The molecular formula is C27H33FN6O4S. The molecule has 2 aliphatic heterocycles. The van der Waals surface area contributed by atoms with Crippen LogP contribution in [0.1, 0.15) is 20.3 Å². The van der Waals surface area contributed by atoms with Crippen LogP contribution in [0.5, 0.6) is 5.88 Å². The van der Waals surface area contributed by atoms with E-state index in [-0.39, 0.29) is 35.8 Å². The van der Waals surface area contributed by atoms with Crippen LogP contribution in [0, 0.1) is 5.82 Å². The molecule has 10 nitrogen and oxygen atoms in total. The van der Waals surface area contributed by atoms with Crippen molar-refractivity contribution < 1.29 is 23.8 Å². The second-order valence-electron chi connectivity index (χ2n) is 9.60. The summed E-state index contributed by atoms with van der Waals surface area (Å²) >= 11 is 0. The topological polar surface area (TPSA) is 108 Å². The molecule has 1 atom stereocenters. The van der Waals surface area contributed by atoms with Gasteiger partial charge in [0.2, 0.25) is 11.8 Å². The average Bonchev–Trinajstić information content (AvgIpc) is 2.96. The van der Waals surface area contributed by atoms with Gasteiger partial charge in [0.1, 0.15) is 24.0 Å². The molecule has 12 heteroatoms. The number of ether oxygens (including phenoxy) is 1. The number of benzene rings is 2. The van der Waals surface area contributed by atoms with Crippen LogP contribution in [0.4, 0.5) is 21.6 Å². The Morgan fingerprint density at radius 1 is 1.05 bits per heavy atom. The maximum Gasteiger partial charge on any atom is 0.263 e. The molecule has 0 spiro atoms. The van der Waals surface area contributed by atoms with Crippen LogP contribution in [0.3, 0.4) is 0 Å². The van der Waals surface area contributed by atoms with Crippen LogP contribution >= 0.6 is 0 Å². The van der Waals surface area contributed by atoms with Crippen LogP contribution in [0.25, 0.3) is 0 Å². The Labute approximate surface area is 229 Å². The summed E-state index contributed by atoms with van der Waals surface area (Å²) in [4.78, 5) is 27.4. The molecule has 0 bridgehead atoms. The van der Waals surface area contributed by atoms with Crippen molar-refractivity contribution in [2.45, 2.75) is 30.7 Å². The molecule has 1 fully saturated rings. The molecule has 2 aliphatic rings. The second kappa shape index (κ2) is 11.0. The number of aryl methyl sites for hydroxylation is 1. The number of halogens is 1. The third-order valence-electron chi connectivity index (χ3n) is 7.21. The van der Waals surface area contributed by atoms with Crippen molar-refractivity contribution in [3.63, 3.8) is 0 Å². The van der Waals surface area contributed by atoms with Gasteiger partial charge in [0.15, 0.2) is 0 Å². The zero-order chi connectivity index (χ0) is 27.6. The van der Waals surface area contributed by atoms with Gasteiger partial charge in [-0.25, -0.2) is 22.8 Å². The smallest absolute Gasteiger partial charge is 0.263 e. The number of rotatable bonds is 7. The molecule has 208 valence electrons. The molecule has 3 heterocycles. The van der Waals surface area contributed by atoms with E-state index in [0.29, 0.717) is 26.2 Å². The van der Waals surface area contributed by atoms with E-state index in [1.165, 1.54) is 25.6 Å². The first kappa shape index (κ1) is 26.7. The fourth-order valence-electron chi connectivity index (χ4n) is 5.12. The average molecular weight is 557 g/mol. The number of nitrogens with one attached hydrogen (secondary N) is 1. The van der Waals surface area contributed by atoms with E-state index < -0.39 is 10.0 Å². The molecule has 0 aliphatic carbocycles. The number of methoxy groups -OCH3 is 1. The van der Waals surface area contributed by atoms with Gasteiger partial charge in [0, 0.05) is 51.6 Å². The third-order valence-corrected chi connectivity index (χ3v) is 8.59. The monoisotopic (exact) mass is 556 g/mol. The third kappa shape index (κ3) is 5.75. The van der Waals surface area contributed by atoms with E-state index in [0.717, 1.165) is 36.3 Å². The van der Waals surface area contributed by atoms with E-state index in [1.807, 2.05) is 11.8 Å². The Hall–Kier alpha value is -3.93. The van der Waals surface area contributed by atoms with Gasteiger partial charge in [0.25, 0.3) is 10.0 Å². The number of carbonyl (C=O) groups excluding carboxylic acids is 1. The van der Waals surface area contributed by atoms with Crippen molar-refractivity contribution in [1.29, 1.82) is 0 Å². The van der Waals surface area contributed by atoms with Crippen molar-refractivity contribution in [2.75, 3.05) is 54.4 Å². The summed E-state index contributed by atoms with van der Waals surface area (Å²) in [5.41, 5.74) is 2.76. The highest BCUT2D eigenvalue weighted by Crippen LogP contribution is 2.30. The largest absolute Gasteiger partial charge is 0.481 e. The molecule has 3 aromatic rings. The molecule has 1 amide bonds. The number of anilines is 3. The molecule has 0 radical (unpaired) electrons. The van der Waals surface area contributed by atoms with E-state index >= 15 is 0 Å². The zero-order valence-corrected chi connectivity index (χ0v) is 22.7. The van der Waals surface area contributed by atoms with Crippen LogP contribution in [0.2, 0.25) is 0 Å². The van der Waals surface area contributed by atoms with E-state index in [2.05, 4.69) is 24.5 Å². The number of amides is 1.